The largest absolute Gasteiger partial charge is 0.352 e. The van der Waals surface area contributed by atoms with Crippen molar-refractivity contribution in [1.82, 2.24) is 5.32 Å². The Hall–Kier alpha value is -3.36. The summed E-state index contributed by atoms with van der Waals surface area (Å²) in [5.41, 5.74) is 0.401. The molecule has 0 unspecified atom stereocenters. The van der Waals surface area contributed by atoms with Gasteiger partial charge in [0, 0.05) is 36.3 Å². The predicted octanol–water partition coefficient (Wildman–Crippen LogP) is 3.33. The van der Waals surface area contributed by atoms with Crippen LogP contribution in [0.5, 0.6) is 0 Å². The zero-order valence-electron chi connectivity index (χ0n) is 14.4. The van der Waals surface area contributed by atoms with Crippen molar-refractivity contribution >= 4 is 23.2 Å². The summed E-state index contributed by atoms with van der Waals surface area (Å²) in [7, 11) is 0. The lowest BCUT2D eigenvalue weighted by Crippen LogP contribution is -2.26. The number of hydrogen-bond acceptors (Lipinski definition) is 4. The molecule has 2 rings (SSSR count). The summed E-state index contributed by atoms with van der Waals surface area (Å²) in [6, 6.07) is 6.99. The minimum atomic E-state index is -0.966. The van der Waals surface area contributed by atoms with E-state index >= 15 is 0 Å². The lowest BCUT2D eigenvalue weighted by Gasteiger charge is -2.08. The molecule has 0 aliphatic carbocycles. The molecule has 0 saturated carbocycles. The van der Waals surface area contributed by atoms with Crippen LogP contribution < -0.4 is 10.6 Å². The van der Waals surface area contributed by atoms with Crippen molar-refractivity contribution in [2.24, 2.45) is 0 Å². The van der Waals surface area contributed by atoms with E-state index in [4.69, 9.17) is 0 Å². The normalized spacial score (nSPS) is 10.3. The molecule has 2 N–H and O–H groups in total. The Bertz CT molecular complexity index is 887. The molecule has 0 fully saturated rings. The molecule has 2 aromatic carbocycles. The zero-order chi connectivity index (χ0) is 20.0. The van der Waals surface area contributed by atoms with Crippen molar-refractivity contribution in [2.75, 3.05) is 11.9 Å². The third kappa shape index (κ3) is 5.56. The molecule has 2 amide bonds. The summed E-state index contributed by atoms with van der Waals surface area (Å²) in [6.07, 6.45) is 0.322. The molecular formula is C18H17F2N3O4. The van der Waals surface area contributed by atoms with Crippen LogP contribution in [0.2, 0.25) is 0 Å². The van der Waals surface area contributed by atoms with Gasteiger partial charge in [0.15, 0.2) is 0 Å². The smallest absolute Gasteiger partial charge is 0.274 e. The van der Waals surface area contributed by atoms with Crippen molar-refractivity contribution in [1.29, 1.82) is 0 Å². The average Bonchev–Trinajstić information content (AvgIpc) is 2.60. The van der Waals surface area contributed by atoms with Gasteiger partial charge in [0.1, 0.15) is 11.6 Å². The SMILES string of the molecule is Cc1ccc(NC(=O)CCCNC(=O)c2ccc(F)cc2F)cc1[N+](=O)[O-]. The number of aryl methyl sites for hydroxylation is 1. The number of halogens is 2. The van der Waals surface area contributed by atoms with Crippen LogP contribution in [-0.4, -0.2) is 23.3 Å². The van der Waals surface area contributed by atoms with Gasteiger partial charge in [-0.15, -0.1) is 0 Å². The van der Waals surface area contributed by atoms with E-state index in [9.17, 15) is 28.5 Å². The molecule has 27 heavy (non-hydrogen) atoms. The van der Waals surface area contributed by atoms with E-state index in [0.717, 1.165) is 12.1 Å². The molecule has 0 aliphatic rings. The van der Waals surface area contributed by atoms with Crippen molar-refractivity contribution in [3.05, 3.63) is 69.3 Å². The van der Waals surface area contributed by atoms with Gasteiger partial charge < -0.3 is 10.6 Å². The first-order chi connectivity index (χ1) is 12.8. The van der Waals surface area contributed by atoms with E-state index in [1.54, 1.807) is 13.0 Å². The number of rotatable bonds is 7. The van der Waals surface area contributed by atoms with Crippen molar-refractivity contribution in [3.8, 4) is 0 Å². The quantitative estimate of drug-likeness (QED) is 0.439. The number of nitro benzene ring substituents is 1. The Morgan fingerprint density at radius 2 is 1.89 bits per heavy atom. The minimum absolute atomic E-state index is 0.0495. The molecule has 0 heterocycles. The molecule has 0 radical (unpaired) electrons. The number of nitro groups is 1. The minimum Gasteiger partial charge on any atom is -0.352 e. The summed E-state index contributed by atoms with van der Waals surface area (Å²) in [4.78, 5) is 34.1. The van der Waals surface area contributed by atoms with Crippen LogP contribution in [0.15, 0.2) is 36.4 Å². The molecule has 142 valence electrons. The van der Waals surface area contributed by atoms with E-state index in [-0.39, 0.29) is 36.5 Å². The highest BCUT2D eigenvalue weighted by atomic mass is 19.1. The molecule has 0 bridgehead atoms. The first kappa shape index (κ1) is 20.0. The molecule has 0 aliphatic heterocycles. The van der Waals surface area contributed by atoms with Crippen LogP contribution in [0.4, 0.5) is 20.2 Å². The van der Waals surface area contributed by atoms with Gasteiger partial charge in [-0.25, -0.2) is 8.78 Å². The van der Waals surface area contributed by atoms with E-state index in [2.05, 4.69) is 10.6 Å². The zero-order valence-corrected chi connectivity index (χ0v) is 14.4. The topological polar surface area (TPSA) is 101 Å². The van der Waals surface area contributed by atoms with Crippen molar-refractivity contribution in [2.45, 2.75) is 19.8 Å². The Kier molecular flexibility index (Phi) is 6.53. The van der Waals surface area contributed by atoms with Gasteiger partial charge in [-0.2, -0.15) is 0 Å². The Labute approximate surface area is 153 Å². The van der Waals surface area contributed by atoms with Crippen LogP contribution >= 0.6 is 0 Å². The number of nitrogens with zero attached hydrogens (tertiary/aromatic N) is 1. The van der Waals surface area contributed by atoms with Crippen molar-refractivity contribution < 1.29 is 23.3 Å². The maximum atomic E-state index is 13.5. The second-order valence-corrected chi connectivity index (χ2v) is 5.79. The summed E-state index contributed by atoms with van der Waals surface area (Å²) < 4.78 is 26.3. The number of nitrogens with one attached hydrogen (secondary N) is 2. The van der Waals surface area contributed by atoms with E-state index in [1.807, 2.05) is 0 Å². The fourth-order valence-electron chi connectivity index (χ4n) is 2.33. The average molecular weight is 377 g/mol. The van der Waals surface area contributed by atoms with Gasteiger partial charge in [-0.1, -0.05) is 6.07 Å². The monoisotopic (exact) mass is 377 g/mol. The van der Waals surface area contributed by atoms with Crippen LogP contribution in [-0.2, 0) is 4.79 Å². The van der Waals surface area contributed by atoms with Gasteiger partial charge in [0.05, 0.1) is 10.5 Å². The summed E-state index contributed by atoms with van der Waals surface area (Å²) in [5.74, 6) is -2.83. The predicted molar refractivity (Wildman–Crippen MR) is 94.4 cm³/mol. The number of carbonyl (C=O) groups excluding carboxylic acids is 2. The van der Waals surface area contributed by atoms with Crippen LogP contribution in [0.25, 0.3) is 0 Å². The Balaban J connectivity index is 1.80. The number of benzene rings is 2. The third-order valence-electron chi connectivity index (χ3n) is 3.73. The lowest BCUT2D eigenvalue weighted by molar-refractivity contribution is -0.385. The molecule has 2 aromatic rings. The second kappa shape index (κ2) is 8.84. The van der Waals surface area contributed by atoms with Crippen molar-refractivity contribution in [3.63, 3.8) is 0 Å². The highest BCUT2D eigenvalue weighted by Gasteiger charge is 2.14. The molecule has 9 heteroatoms. The number of hydrogen-bond donors (Lipinski definition) is 2. The van der Waals surface area contributed by atoms with Crippen LogP contribution in [0, 0.1) is 28.7 Å². The number of amides is 2. The molecule has 0 saturated heterocycles. The number of carbonyl (C=O) groups is 2. The van der Waals surface area contributed by atoms with Gasteiger partial charge >= 0.3 is 0 Å². The highest BCUT2D eigenvalue weighted by molar-refractivity contribution is 5.94. The van der Waals surface area contributed by atoms with Crippen LogP contribution in [0.3, 0.4) is 0 Å². The van der Waals surface area contributed by atoms with Gasteiger partial charge in [-0.3, -0.25) is 19.7 Å². The highest BCUT2D eigenvalue weighted by Crippen LogP contribution is 2.22. The number of anilines is 1. The van der Waals surface area contributed by atoms with E-state index in [0.29, 0.717) is 17.3 Å². The third-order valence-corrected chi connectivity index (χ3v) is 3.73. The fourth-order valence-corrected chi connectivity index (χ4v) is 2.33. The van der Waals surface area contributed by atoms with E-state index < -0.39 is 22.5 Å². The standard InChI is InChI=1S/C18H17F2N3O4/c1-11-4-6-13(10-16(11)23(26)27)22-17(24)3-2-8-21-18(25)14-7-5-12(19)9-15(14)20/h4-7,9-10H,2-3,8H2,1H3,(H,21,25)(H,22,24). The van der Waals surface area contributed by atoms with Gasteiger partial charge in [0.25, 0.3) is 11.6 Å². The molecular weight excluding hydrogens is 360 g/mol. The van der Waals surface area contributed by atoms with E-state index in [1.165, 1.54) is 12.1 Å². The first-order valence-electron chi connectivity index (χ1n) is 8.06. The van der Waals surface area contributed by atoms with Gasteiger partial charge in [-0.05, 0) is 31.5 Å². The second-order valence-electron chi connectivity index (χ2n) is 5.79. The molecule has 0 atom stereocenters. The maximum absolute atomic E-state index is 13.5. The van der Waals surface area contributed by atoms with Gasteiger partial charge in [0.2, 0.25) is 5.91 Å². The van der Waals surface area contributed by atoms with Crippen LogP contribution in [0.1, 0.15) is 28.8 Å². The summed E-state index contributed by atoms with van der Waals surface area (Å²) in [6.45, 7) is 1.70. The lowest BCUT2D eigenvalue weighted by atomic mass is 10.1. The molecule has 0 aromatic heterocycles. The fraction of sp³-hybridized carbons (Fsp3) is 0.222. The molecule has 7 nitrogen and oxygen atoms in total. The summed E-state index contributed by atoms with van der Waals surface area (Å²) >= 11 is 0. The maximum Gasteiger partial charge on any atom is 0.274 e. The Morgan fingerprint density at radius 1 is 1.15 bits per heavy atom. The first-order valence-corrected chi connectivity index (χ1v) is 8.06. The molecule has 0 spiro atoms. The Morgan fingerprint density at radius 3 is 2.56 bits per heavy atom. The summed E-state index contributed by atoms with van der Waals surface area (Å²) in [5, 5.41) is 15.9.